The molecule has 3 heterocycles. The van der Waals surface area contributed by atoms with Crippen molar-refractivity contribution in [2.45, 2.75) is 43.7 Å². The molecule has 5 rings (SSSR count). The van der Waals surface area contributed by atoms with Crippen molar-refractivity contribution in [3.63, 3.8) is 0 Å². The zero-order valence-electron chi connectivity index (χ0n) is 16.2. The molecule has 0 aromatic carbocycles. The molecule has 0 spiro atoms. The van der Waals surface area contributed by atoms with Crippen LogP contribution in [0.4, 0.5) is 5.82 Å². The largest absolute Gasteiger partial charge is 0.360 e. The Morgan fingerprint density at radius 1 is 1.07 bits per heavy atom. The molecule has 2 amide bonds. The molecule has 0 radical (unpaired) electrons. The maximum absolute atomic E-state index is 12.8. The first kappa shape index (κ1) is 18.0. The Hall–Kier alpha value is -3.03. The first-order valence-electron chi connectivity index (χ1n) is 10.2. The van der Waals surface area contributed by atoms with Crippen LogP contribution in [0.25, 0.3) is 0 Å². The molecule has 0 bridgehead atoms. The molecule has 2 saturated carbocycles. The van der Waals surface area contributed by atoms with E-state index < -0.39 is 0 Å². The number of rotatable bonds is 6. The van der Waals surface area contributed by atoms with Crippen molar-refractivity contribution in [2.24, 2.45) is 5.92 Å². The van der Waals surface area contributed by atoms with Crippen molar-refractivity contribution in [3.05, 3.63) is 48.2 Å². The van der Waals surface area contributed by atoms with Gasteiger partial charge in [-0.15, -0.1) is 0 Å². The van der Waals surface area contributed by atoms with Gasteiger partial charge in [-0.2, -0.15) is 0 Å². The first-order chi connectivity index (χ1) is 14.1. The summed E-state index contributed by atoms with van der Waals surface area (Å²) in [6.07, 6.45) is 11.6. The second-order valence-electron chi connectivity index (χ2n) is 8.29. The third kappa shape index (κ3) is 3.79. The lowest BCUT2D eigenvalue weighted by Gasteiger charge is -2.19. The van der Waals surface area contributed by atoms with E-state index in [4.69, 9.17) is 0 Å². The van der Waals surface area contributed by atoms with Gasteiger partial charge in [0.1, 0.15) is 12.1 Å². The van der Waals surface area contributed by atoms with E-state index in [9.17, 15) is 9.59 Å². The summed E-state index contributed by atoms with van der Waals surface area (Å²) >= 11 is 0. The third-order valence-corrected chi connectivity index (χ3v) is 6.01. The van der Waals surface area contributed by atoms with E-state index in [0.29, 0.717) is 18.7 Å². The van der Waals surface area contributed by atoms with Crippen molar-refractivity contribution in [1.82, 2.24) is 25.2 Å². The Kier molecular flexibility index (Phi) is 4.41. The minimum absolute atomic E-state index is 0.0372. The minimum atomic E-state index is -0.151. The molecule has 1 aliphatic heterocycles. The van der Waals surface area contributed by atoms with Gasteiger partial charge < -0.3 is 15.5 Å². The van der Waals surface area contributed by atoms with E-state index in [1.165, 1.54) is 6.33 Å². The van der Waals surface area contributed by atoms with Gasteiger partial charge in [0, 0.05) is 49.2 Å². The van der Waals surface area contributed by atoms with Crippen LogP contribution < -0.4 is 10.6 Å². The van der Waals surface area contributed by atoms with Crippen molar-refractivity contribution in [3.8, 4) is 0 Å². The Labute approximate surface area is 169 Å². The van der Waals surface area contributed by atoms with Gasteiger partial charge in [-0.3, -0.25) is 9.59 Å². The monoisotopic (exact) mass is 392 g/mol. The molecule has 3 fully saturated rings. The fourth-order valence-electron chi connectivity index (χ4n) is 3.91. The Morgan fingerprint density at radius 3 is 2.52 bits per heavy atom. The van der Waals surface area contributed by atoms with Crippen LogP contribution in [0, 0.1) is 5.92 Å². The molecule has 1 atom stereocenters. The van der Waals surface area contributed by atoms with Crippen molar-refractivity contribution < 1.29 is 9.59 Å². The number of carbonyl (C=O) groups excluding carboxylic acids is 2. The summed E-state index contributed by atoms with van der Waals surface area (Å²) in [5.41, 5.74) is 1.47. The fraction of sp³-hybridized carbons (Fsp3) is 0.476. The molecule has 29 heavy (non-hydrogen) atoms. The maximum Gasteiger partial charge on any atom is 0.255 e. The van der Waals surface area contributed by atoms with Crippen LogP contribution in [0.3, 0.4) is 0 Å². The Bertz CT molecular complexity index is 909. The van der Waals surface area contributed by atoms with E-state index in [0.717, 1.165) is 43.5 Å². The van der Waals surface area contributed by atoms with E-state index in [1.807, 2.05) is 24.5 Å². The van der Waals surface area contributed by atoms with E-state index in [2.05, 4.69) is 25.6 Å². The lowest BCUT2D eigenvalue weighted by Crippen LogP contribution is -2.39. The number of hydrogen-bond donors (Lipinski definition) is 2. The molecule has 8 nitrogen and oxygen atoms in total. The number of hydrogen-bond acceptors (Lipinski definition) is 6. The molecule has 0 unspecified atom stereocenters. The average Bonchev–Trinajstić information content (AvgIpc) is 3.68. The fourth-order valence-corrected chi connectivity index (χ4v) is 3.91. The van der Waals surface area contributed by atoms with Crippen LogP contribution in [0.2, 0.25) is 0 Å². The summed E-state index contributed by atoms with van der Waals surface area (Å²) in [4.78, 5) is 39.2. The van der Waals surface area contributed by atoms with Gasteiger partial charge >= 0.3 is 0 Å². The summed E-state index contributed by atoms with van der Waals surface area (Å²) < 4.78 is 0. The normalized spacial score (nSPS) is 22.2. The molecule has 2 aliphatic carbocycles. The molecule has 2 N–H and O–H groups in total. The van der Waals surface area contributed by atoms with Crippen molar-refractivity contribution in [1.29, 1.82) is 0 Å². The number of pyridine rings is 1. The van der Waals surface area contributed by atoms with Gasteiger partial charge in [-0.05, 0) is 44.2 Å². The summed E-state index contributed by atoms with van der Waals surface area (Å²) in [6.45, 7) is 1.22. The van der Waals surface area contributed by atoms with Crippen LogP contribution in [-0.2, 0) is 10.3 Å². The molecule has 150 valence electrons. The number of nitrogens with zero attached hydrogens (tertiary/aromatic N) is 4. The maximum atomic E-state index is 12.8. The number of likely N-dealkylation sites (tertiary alicyclic amines) is 1. The highest BCUT2D eigenvalue weighted by Crippen LogP contribution is 2.47. The summed E-state index contributed by atoms with van der Waals surface area (Å²) in [7, 11) is 0. The van der Waals surface area contributed by atoms with Crippen LogP contribution >= 0.6 is 0 Å². The van der Waals surface area contributed by atoms with Gasteiger partial charge in [-0.1, -0.05) is 0 Å². The predicted molar refractivity (Wildman–Crippen MR) is 106 cm³/mol. The molecular formula is C21H24N6O2. The number of amides is 2. The SMILES string of the molecule is O=C(N[C@H]1CCN(C(=O)c2ccc(NC3(c4cncnc4)CC3)nc2)C1)C1CC1. The lowest BCUT2D eigenvalue weighted by molar-refractivity contribution is -0.122. The molecule has 3 aliphatic rings. The smallest absolute Gasteiger partial charge is 0.255 e. The van der Waals surface area contributed by atoms with Crippen LogP contribution in [0.5, 0.6) is 0 Å². The Balaban J connectivity index is 1.19. The van der Waals surface area contributed by atoms with Crippen LogP contribution in [0.15, 0.2) is 37.1 Å². The quantitative estimate of drug-likeness (QED) is 0.776. The highest BCUT2D eigenvalue weighted by molar-refractivity contribution is 5.94. The zero-order chi connectivity index (χ0) is 19.8. The highest BCUT2D eigenvalue weighted by atomic mass is 16.2. The van der Waals surface area contributed by atoms with E-state index >= 15 is 0 Å². The number of nitrogens with one attached hydrogen (secondary N) is 2. The average molecular weight is 392 g/mol. The Morgan fingerprint density at radius 2 is 1.86 bits per heavy atom. The number of anilines is 1. The first-order valence-corrected chi connectivity index (χ1v) is 10.2. The summed E-state index contributed by atoms with van der Waals surface area (Å²) in [6, 6.07) is 3.72. The molecule has 1 saturated heterocycles. The summed E-state index contributed by atoms with van der Waals surface area (Å²) in [5.74, 6) is 1.03. The number of carbonyl (C=O) groups is 2. The van der Waals surface area contributed by atoms with Gasteiger partial charge in [0.25, 0.3) is 5.91 Å². The zero-order valence-corrected chi connectivity index (χ0v) is 16.2. The lowest BCUT2D eigenvalue weighted by atomic mass is 10.1. The summed E-state index contributed by atoms with van der Waals surface area (Å²) in [5, 5.41) is 6.53. The molecule has 2 aromatic rings. The topological polar surface area (TPSA) is 100 Å². The minimum Gasteiger partial charge on any atom is -0.360 e. The van der Waals surface area contributed by atoms with Gasteiger partial charge in [0.15, 0.2) is 0 Å². The third-order valence-electron chi connectivity index (χ3n) is 6.01. The second kappa shape index (κ2) is 7.09. The number of aromatic nitrogens is 3. The van der Waals surface area contributed by atoms with Gasteiger partial charge in [0.05, 0.1) is 11.1 Å². The molecule has 8 heteroatoms. The van der Waals surface area contributed by atoms with Gasteiger partial charge in [0.2, 0.25) is 5.91 Å². The molecule has 2 aromatic heterocycles. The van der Waals surface area contributed by atoms with Crippen molar-refractivity contribution in [2.75, 3.05) is 18.4 Å². The molecular weight excluding hydrogens is 368 g/mol. The second-order valence-corrected chi connectivity index (χ2v) is 8.29. The standard InChI is InChI=1S/C21H24N6O2/c28-19(14-1-2-14)25-17-5-8-27(12-17)20(29)15-3-4-18(24-9-15)26-21(6-7-21)16-10-22-13-23-11-16/h3-4,9-11,13-14,17H,1-2,5-8,12H2,(H,24,26)(H,25,28)/t17-/m0/s1. The van der Waals surface area contributed by atoms with Gasteiger partial charge in [-0.25, -0.2) is 15.0 Å². The van der Waals surface area contributed by atoms with Crippen LogP contribution in [-0.4, -0.2) is 50.8 Å². The van der Waals surface area contributed by atoms with E-state index in [-0.39, 0.29) is 29.3 Å². The highest BCUT2D eigenvalue weighted by Gasteiger charge is 2.45. The van der Waals surface area contributed by atoms with Crippen molar-refractivity contribution >= 4 is 17.6 Å². The van der Waals surface area contributed by atoms with Crippen LogP contribution in [0.1, 0.15) is 48.0 Å². The van der Waals surface area contributed by atoms with E-state index in [1.54, 1.807) is 11.1 Å². The predicted octanol–water partition coefficient (Wildman–Crippen LogP) is 1.71.